The number of carboxylic acid groups (broad SMARTS) is 1. The normalized spacial score (nSPS) is 23.5. The van der Waals surface area contributed by atoms with Crippen LogP contribution in [-0.2, 0) is 19.0 Å². The van der Waals surface area contributed by atoms with Gasteiger partial charge in [0.2, 0.25) is 0 Å². The second-order valence-electron chi connectivity index (χ2n) is 9.38. The van der Waals surface area contributed by atoms with E-state index in [0.717, 1.165) is 18.4 Å². The van der Waals surface area contributed by atoms with Gasteiger partial charge in [0.15, 0.2) is 17.9 Å². The fourth-order valence-electron chi connectivity index (χ4n) is 5.06. The third-order valence-corrected chi connectivity index (χ3v) is 6.86. The van der Waals surface area contributed by atoms with Crippen molar-refractivity contribution in [1.29, 1.82) is 0 Å². The molecule has 2 saturated heterocycles. The molecule has 0 bridgehead atoms. The number of aromatic nitrogens is 2. The standard InChI is InChI=1S/C26H35N7O7/c1-3-28-25(36)32-22-20(27)23(31-14-30-22)33(4-2)24-21-16(10-11-17(39-21)15-8-6-5-7-9-15)18(40-24)13-38-26(37)29-12-19(34)35/h5-9,14,16-18,21,24H,3-4,10-13,27H2,1-2H3,(H,29,37)(H,34,35)(H2,28,30,31,32,36)/t16?,17-,18?,21?,24?/m1/s1. The molecule has 1 aromatic heterocycles. The third-order valence-electron chi connectivity index (χ3n) is 6.86. The van der Waals surface area contributed by atoms with Gasteiger partial charge >= 0.3 is 18.1 Å². The number of alkyl carbamates (subject to hydrolysis) is 1. The van der Waals surface area contributed by atoms with Crippen LogP contribution in [0.4, 0.5) is 26.9 Å². The number of rotatable bonds is 10. The zero-order valence-electron chi connectivity index (χ0n) is 22.4. The van der Waals surface area contributed by atoms with Gasteiger partial charge in [0, 0.05) is 19.0 Å². The maximum Gasteiger partial charge on any atom is 0.407 e. The summed E-state index contributed by atoms with van der Waals surface area (Å²) in [5.74, 6) is -0.781. The number of carbonyl (C=O) groups is 3. The molecule has 4 unspecified atom stereocenters. The van der Waals surface area contributed by atoms with Gasteiger partial charge in [-0.05, 0) is 32.3 Å². The maximum atomic E-state index is 12.1. The predicted octanol–water partition coefficient (Wildman–Crippen LogP) is 2.10. The van der Waals surface area contributed by atoms with Crippen LogP contribution in [0.3, 0.4) is 0 Å². The number of anilines is 3. The summed E-state index contributed by atoms with van der Waals surface area (Å²) in [6.45, 7) is 3.93. The second-order valence-corrected chi connectivity index (χ2v) is 9.38. The Labute approximate surface area is 231 Å². The summed E-state index contributed by atoms with van der Waals surface area (Å²) in [6, 6.07) is 9.46. The highest BCUT2D eigenvalue weighted by Gasteiger charge is 2.51. The van der Waals surface area contributed by atoms with Crippen molar-refractivity contribution in [3.63, 3.8) is 0 Å². The zero-order chi connectivity index (χ0) is 28.6. The predicted molar refractivity (Wildman–Crippen MR) is 145 cm³/mol. The van der Waals surface area contributed by atoms with Crippen molar-refractivity contribution in [2.45, 2.75) is 51.2 Å². The molecule has 0 aliphatic carbocycles. The van der Waals surface area contributed by atoms with E-state index in [1.54, 1.807) is 6.92 Å². The minimum Gasteiger partial charge on any atom is -0.480 e. The Bertz CT molecular complexity index is 1190. The zero-order valence-corrected chi connectivity index (χ0v) is 22.4. The van der Waals surface area contributed by atoms with Crippen molar-refractivity contribution in [1.82, 2.24) is 20.6 Å². The van der Waals surface area contributed by atoms with E-state index in [1.807, 2.05) is 42.2 Å². The van der Waals surface area contributed by atoms with E-state index >= 15 is 0 Å². The largest absolute Gasteiger partial charge is 0.480 e. The van der Waals surface area contributed by atoms with E-state index in [2.05, 4.69) is 25.9 Å². The van der Waals surface area contributed by atoms with Gasteiger partial charge in [0.1, 0.15) is 31.3 Å². The van der Waals surface area contributed by atoms with E-state index in [4.69, 9.17) is 25.1 Å². The molecule has 216 valence electrons. The second kappa shape index (κ2) is 13.3. The molecule has 1 aromatic carbocycles. The molecule has 2 fully saturated rings. The average molecular weight is 558 g/mol. The molecule has 40 heavy (non-hydrogen) atoms. The van der Waals surface area contributed by atoms with Crippen LogP contribution < -0.4 is 26.6 Å². The number of fused-ring (bicyclic) bond motifs is 1. The Morgan fingerprint density at radius 3 is 2.60 bits per heavy atom. The summed E-state index contributed by atoms with van der Waals surface area (Å²) in [4.78, 5) is 45.3. The lowest BCUT2D eigenvalue weighted by molar-refractivity contribution is -0.135. The molecular formula is C26H35N7O7. The maximum absolute atomic E-state index is 12.1. The lowest BCUT2D eigenvalue weighted by Gasteiger charge is -2.38. The van der Waals surface area contributed by atoms with Crippen LogP contribution in [0.25, 0.3) is 0 Å². The fraction of sp³-hybridized carbons (Fsp3) is 0.500. The molecule has 0 saturated carbocycles. The fourth-order valence-corrected chi connectivity index (χ4v) is 5.06. The number of carboxylic acids is 1. The van der Waals surface area contributed by atoms with Crippen molar-refractivity contribution < 1.29 is 33.7 Å². The van der Waals surface area contributed by atoms with Crippen LogP contribution in [-0.4, -0.2) is 77.8 Å². The summed E-state index contributed by atoms with van der Waals surface area (Å²) < 4.78 is 18.4. The van der Waals surface area contributed by atoms with Crippen LogP contribution >= 0.6 is 0 Å². The quantitative estimate of drug-likeness (QED) is 0.287. The number of ether oxygens (including phenoxy) is 3. The van der Waals surface area contributed by atoms with Gasteiger partial charge in [-0.3, -0.25) is 10.1 Å². The van der Waals surface area contributed by atoms with Crippen molar-refractivity contribution in [2.75, 3.05) is 42.2 Å². The Morgan fingerprint density at radius 2 is 1.90 bits per heavy atom. The molecule has 2 aliphatic rings. The molecule has 14 nitrogen and oxygen atoms in total. The van der Waals surface area contributed by atoms with Crippen LogP contribution in [0.2, 0.25) is 0 Å². The first-order chi connectivity index (χ1) is 19.3. The van der Waals surface area contributed by atoms with E-state index < -0.39 is 43.1 Å². The van der Waals surface area contributed by atoms with Crippen LogP contribution in [0, 0.1) is 5.92 Å². The number of nitrogens with zero attached hydrogens (tertiary/aromatic N) is 3. The van der Waals surface area contributed by atoms with Gasteiger partial charge in [-0.2, -0.15) is 0 Å². The Morgan fingerprint density at radius 1 is 1.12 bits per heavy atom. The first-order valence-electron chi connectivity index (χ1n) is 13.2. The van der Waals surface area contributed by atoms with E-state index in [1.165, 1.54) is 6.33 Å². The number of carbonyl (C=O) groups excluding carboxylic acids is 2. The highest BCUT2D eigenvalue weighted by molar-refractivity contribution is 5.93. The molecule has 2 aromatic rings. The average Bonchev–Trinajstić information content (AvgIpc) is 3.31. The van der Waals surface area contributed by atoms with Crippen molar-refractivity contribution in [3.8, 4) is 0 Å². The Kier molecular flexibility index (Phi) is 9.56. The van der Waals surface area contributed by atoms with Crippen molar-refractivity contribution in [3.05, 3.63) is 42.2 Å². The lowest BCUT2D eigenvalue weighted by atomic mass is 9.86. The number of benzene rings is 1. The van der Waals surface area contributed by atoms with Crippen LogP contribution in [0.5, 0.6) is 0 Å². The molecule has 14 heteroatoms. The topological polar surface area (TPSA) is 190 Å². The van der Waals surface area contributed by atoms with Crippen molar-refractivity contribution >= 4 is 35.4 Å². The number of likely N-dealkylation sites (N-methyl/N-ethyl adjacent to an activating group) is 1. The van der Waals surface area contributed by atoms with Gasteiger partial charge in [0.05, 0.1) is 12.2 Å². The molecule has 3 heterocycles. The minimum atomic E-state index is -1.18. The number of nitrogens with two attached hydrogens (primary N) is 1. The summed E-state index contributed by atoms with van der Waals surface area (Å²) in [7, 11) is 0. The Hall–Kier alpha value is -4.17. The molecule has 4 rings (SSSR count). The smallest absolute Gasteiger partial charge is 0.407 e. The van der Waals surface area contributed by atoms with Crippen LogP contribution in [0.1, 0.15) is 38.4 Å². The van der Waals surface area contributed by atoms with E-state index in [9.17, 15) is 14.4 Å². The summed E-state index contributed by atoms with van der Waals surface area (Å²) >= 11 is 0. The molecule has 0 radical (unpaired) electrons. The number of hydrogen-bond donors (Lipinski definition) is 5. The van der Waals surface area contributed by atoms with E-state index in [0.29, 0.717) is 18.9 Å². The molecular weight excluding hydrogens is 522 g/mol. The SMILES string of the molecule is CCNC(=O)Nc1ncnc(N(CC)C2OC(COC(=O)NCC(=O)O)C3CC[C@H](c4ccccc4)OC32)c1N. The molecule has 6 N–H and O–H groups in total. The lowest BCUT2D eigenvalue weighted by Crippen LogP contribution is -2.47. The summed E-state index contributed by atoms with van der Waals surface area (Å²) in [5, 5.41) is 16.3. The van der Waals surface area contributed by atoms with Gasteiger partial charge in [-0.25, -0.2) is 19.6 Å². The minimum absolute atomic E-state index is 0.0940. The molecule has 2 aliphatic heterocycles. The summed E-state index contributed by atoms with van der Waals surface area (Å²) in [6.07, 6.45) is 0.187. The van der Waals surface area contributed by atoms with Gasteiger partial charge < -0.3 is 40.6 Å². The summed E-state index contributed by atoms with van der Waals surface area (Å²) in [5.41, 5.74) is 7.63. The first kappa shape index (κ1) is 28.8. The van der Waals surface area contributed by atoms with Crippen molar-refractivity contribution in [2.24, 2.45) is 5.92 Å². The Balaban J connectivity index is 1.58. The number of hydrogen-bond acceptors (Lipinski definition) is 10. The number of urea groups is 1. The first-order valence-corrected chi connectivity index (χ1v) is 13.2. The van der Waals surface area contributed by atoms with E-state index in [-0.39, 0.29) is 30.1 Å². The van der Waals surface area contributed by atoms with Gasteiger partial charge in [-0.1, -0.05) is 30.3 Å². The monoisotopic (exact) mass is 557 g/mol. The third kappa shape index (κ3) is 6.69. The number of aliphatic carboxylic acids is 1. The molecule has 0 spiro atoms. The van der Waals surface area contributed by atoms with Gasteiger partial charge in [-0.15, -0.1) is 0 Å². The number of amides is 3. The van der Waals surface area contributed by atoms with Crippen LogP contribution in [0.15, 0.2) is 36.7 Å². The highest BCUT2D eigenvalue weighted by atomic mass is 16.6. The highest BCUT2D eigenvalue weighted by Crippen LogP contribution is 2.45. The number of nitrogens with one attached hydrogen (secondary N) is 3. The number of nitrogen functional groups attached to an aromatic ring is 1. The molecule has 5 atom stereocenters. The molecule has 3 amide bonds. The van der Waals surface area contributed by atoms with Gasteiger partial charge in [0.25, 0.3) is 0 Å².